The number of fused-ring (bicyclic) bond motifs is 1. The quantitative estimate of drug-likeness (QED) is 0.631. The van der Waals surface area contributed by atoms with Gasteiger partial charge in [0, 0.05) is 6.54 Å². The molecule has 2 aromatic rings. The Bertz CT molecular complexity index is 886. The number of nitrogens with zero attached hydrogens (tertiary/aromatic N) is 2. The Morgan fingerprint density at radius 2 is 2.30 bits per heavy atom. The number of carbonyl (C=O) groups is 1. The Morgan fingerprint density at radius 3 is 3.04 bits per heavy atom. The largest absolute Gasteiger partial charge is 0.338 e. The third-order valence-electron chi connectivity index (χ3n) is 3.16. The van der Waals surface area contributed by atoms with Crippen LogP contribution in [0.2, 0.25) is 0 Å². The van der Waals surface area contributed by atoms with Crippen LogP contribution >= 0.6 is 11.3 Å². The Morgan fingerprint density at radius 1 is 1.43 bits per heavy atom. The number of hydrogen-bond acceptors (Lipinski definition) is 4. The van der Waals surface area contributed by atoms with Gasteiger partial charge in [-0.1, -0.05) is 6.08 Å². The first kappa shape index (κ1) is 15.2. The number of anilines is 2. The van der Waals surface area contributed by atoms with Gasteiger partial charge in [-0.15, -0.1) is 0 Å². The third-order valence-corrected chi connectivity index (χ3v) is 4.09. The smallest absolute Gasteiger partial charge is 0.327 e. The summed E-state index contributed by atoms with van der Waals surface area (Å²) in [5.41, 5.74) is 1.58. The van der Waals surface area contributed by atoms with Crippen LogP contribution in [0.15, 0.2) is 22.5 Å². The maximum Gasteiger partial charge on any atom is 0.327 e. The molecule has 0 fully saturated rings. The standard InChI is InChI=1S/C15H16N6OS/c1-3-9-8-23-14(18-9)11-7-17-10-5-6-12(20-13(10)19-11)21-15(22)16-4-2/h3,5-8H,4H2,1-2H3,(H3-,16,17,18,19,20,21,22)/p+1. The summed E-state index contributed by atoms with van der Waals surface area (Å²) in [6.07, 6.45) is 3.77. The molecule has 8 heteroatoms. The molecule has 0 spiro atoms. The number of hydrogen-bond donors (Lipinski definition) is 4. The SMILES string of the molecule is CC=c1c[s+]c(=C2C=Nc3ccc(NC(=O)NCC)nc3N2)[nH]1. The predicted molar refractivity (Wildman–Crippen MR) is 94.6 cm³/mol. The molecule has 1 aliphatic rings. The van der Waals surface area contributed by atoms with E-state index in [2.05, 4.69) is 30.9 Å². The third kappa shape index (κ3) is 3.37. The molecule has 23 heavy (non-hydrogen) atoms. The van der Waals surface area contributed by atoms with Gasteiger partial charge in [-0.25, -0.2) is 9.78 Å². The Kier molecular flexibility index (Phi) is 4.33. The first-order chi connectivity index (χ1) is 11.2. The highest BCUT2D eigenvalue weighted by Crippen LogP contribution is 2.28. The van der Waals surface area contributed by atoms with Crippen LogP contribution in [0.25, 0.3) is 11.8 Å². The van der Waals surface area contributed by atoms with Crippen LogP contribution in [0.1, 0.15) is 13.8 Å². The summed E-state index contributed by atoms with van der Waals surface area (Å²) in [4.78, 5) is 23.7. The van der Waals surface area contributed by atoms with Gasteiger partial charge in [0.05, 0.1) is 11.6 Å². The highest BCUT2D eigenvalue weighted by molar-refractivity contribution is 7.07. The van der Waals surface area contributed by atoms with Crippen molar-refractivity contribution in [3.8, 4) is 0 Å². The molecule has 3 heterocycles. The fraction of sp³-hybridized carbons (Fsp3) is 0.200. The van der Waals surface area contributed by atoms with E-state index in [1.165, 1.54) is 0 Å². The first-order valence-electron chi connectivity index (χ1n) is 7.24. The van der Waals surface area contributed by atoms with Gasteiger partial charge in [-0.3, -0.25) is 10.3 Å². The van der Waals surface area contributed by atoms with Gasteiger partial charge in [-0.2, -0.15) is 0 Å². The molecule has 0 unspecified atom stereocenters. The van der Waals surface area contributed by atoms with Gasteiger partial charge in [0.15, 0.2) is 5.82 Å². The Balaban J connectivity index is 1.90. The van der Waals surface area contributed by atoms with Crippen molar-refractivity contribution in [2.75, 3.05) is 17.2 Å². The number of aromatic amines is 1. The predicted octanol–water partition coefficient (Wildman–Crippen LogP) is 1.63. The number of amides is 2. The number of carbonyl (C=O) groups excluding carboxylic acids is 1. The van der Waals surface area contributed by atoms with Gasteiger partial charge in [-0.05, 0) is 26.0 Å². The van der Waals surface area contributed by atoms with Crippen molar-refractivity contribution in [3.05, 3.63) is 27.5 Å². The minimum absolute atomic E-state index is 0.279. The van der Waals surface area contributed by atoms with Crippen LogP contribution in [-0.4, -0.2) is 28.8 Å². The summed E-state index contributed by atoms with van der Waals surface area (Å²) in [5, 5.41) is 11.7. The molecule has 0 bridgehead atoms. The number of H-pyrrole nitrogens is 1. The zero-order chi connectivity index (χ0) is 16.2. The molecule has 0 saturated carbocycles. The average molecular weight is 329 g/mol. The van der Waals surface area contributed by atoms with Gasteiger partial charge < -0.3 is 15.6 Å². The van der Waals surface area contributed by atoms with Crippen LogP contribution < -0.4 is 26.0 Å². The van der Waals surface area contributed by atoms with Crippen LogP contribution in [0.3, 0.4) is 0 Å². The summed E-state index contributed by atoms with van der Waals surface area (Å²) >= 11 is 1.59. The van der Waals surface area contributed by atoms with Crippen molar-refractivity contribution in [3.63, 3.8) is 0 Å². The van der Waals surface area contributed by atoms with E-state index in [0.29, 0.717) is 18.2 Å². The molecule has 2 amide bonds. The summed E-state index contributed by atoms with van der Waals surface area (Å²) in [6.45, 7) is 4.39. The molecule has 7 nitrogen and oxygen atoms in total. The number of thiazole rings is 1. The molecule has 0 aromatic carbocycles. The maximum absolute atomic E-state index is 11.6. The second-order valence-corrected chi connectivity index (χ2v) is 5.66. The van der Waals surface area contributed by atoms with Gasteiger partial charge >= 0.3 is 10.7 Å². The van der Waals surface area contributed by atoms with Crippen LogP contribution in [0, 0.1) is 0 Å². The molecule has 0 radical (unpaired) electrons. The van der Waals surface area contributed by atoms with E-state index in [9.17, 15) is 4.79 Å². The van der Waals surface area contributed by atoms with E-state index in [1.807, 2.05) is 31.4 Å². The van der Waals surface area contributed by atoms with Crippen LogP contribution in [0.4, 0.5) is 22.1 Å². The lowest BCUT2D eigenvalue weighted by molar-refractivity contribution is 0.252. The van der Waals surface area contributed by atoms with E-state index in [0.717, 1.165) is 21.4 Å². The number of aliphatic imine (C=N–C) groups is 1. The average Bonchev–Trinajstić information content (AvgIpc) is 3.03. The lowest BCUT2D eigenvalue weighted by Crippen LogP contribution is -2.28. The van der Waals surface area contributed by atoms with Gasteiger partial charge in [0.25, 0.3) is 0 Å². The minimum Gasteiger partial charge on any atom is -0.338 e. The van der Waals surface area contributed by atoms with Crippen molar-refractivity contribution >= 4 is 52.7 Å². The summed E-state index contributed by atoms with van der Waals surface area (Å²) < 4.78 is 0.969. The number of nitrogens with one attached hydrogen (secondary N) is 4. The molecule has 4 N–H and O–H groups in total. The second kappa shape index (κ2) is 6.57. The molecule has 0 aliphatic carbocycles. The first-order valence-corrected chi connectivity index (χ1v) is 8.12. The summed E-state index contributed by atoms with van der Waals surface area (Å²) in [6, 6.07) is 3.26. The van der Waals surface area contributed by atoms with Gasteiger partial charge in [0.2, 0.25) is 16.7 Å². The van der Waals surface area contributed by atoms with E-state index >= 15 is 0 Å². The molecular formula is C15H17N6OS+. The number of urea groups is 1. The van der Waals surface area contributed by atoms with Crippen molar-refractivity contribution in [2.24, 2.45) is 4.99 Å². The second-order valence-electron chi connectivity index (χ2n) is 4.78. The highest BCUT2D eigenvalue weighted by Gasteiger charge is 2.16. The number of pyridine rings is 1. The summed E-state index contributed by atoms with van der Waals surface area (Å²) in [5.74, 6) is 1.08. The van der Waals surface area contributed by atoms with Crippen molar-refractivity contribution in [2.45, 2.75) is 13.8 Å². The monoisotopic (exact) mass is 329 g/mol. The number of rotatable bonds is 2. The summed E-state index contributed by atoms with van der Waals surface area (Å²) in [7, 11) is 0. The van der Waals surface area contributed by atoms with Crippen molar-refractivity contribution in [1.82, 2.24) is 15.3 Å². The topological polar surface area (TPSA) is 94.2 Å². The molecule has 0 saturated heterocycles. The fourth-order valence-electron chi connectivity index (χ4n) is 2.03. The zero-order valence-electron chi connectivity index (χ0n) is 12.8. The molecule has 3 rings (SSSR count). The molecule has 2 aromatic heterocycles. The van der Waals surface area contributed by atoms with Gasteiger partial charge in [0.1, 0.15) is 17.2 Å². The van der Waals surface area contributed by atoms with Crippen LogP contribution in [0.5, 0.6) is 0 Å². The molecule has 0 atom stereocenters. The lowest BCUT2D eigenvalue weighted by atomic mass is 10.3. The zero-order valence-corrected chi connectivity index (χ0v) is 13.6. The van der Waals surface area contributed by atoms with E-state index in [4.69, 9.17) is 0 Å². The van der Waals surface area contributed by atoms with E-state index in [-0.39, 0.29) is 6.03 Å². The normalized spacial score (nSPS) is 15.8. The lowest BCUT2D eigenvalue weighted by Gasteiger charge is -2.13. The Hall–Kier alpha value is -2.74. The molecule has 118 valence electrons. The molecule has 1 aliphatic heterocycles. The Labute approximate surface area is 136 Å². The molecular weight excluding hydrogens is 312 g/mol. The van der Waals surface area contributed by atoms with E-state index in [1.54, 1.807) is 23.6 Å². The van der Waals surface area contributed by atoms with Crippen molar-refractivity contribution in [1.29, 1.82) is 0 Å². The fourth-order valence-corrected chi connectivity index (χ4v) is 2.88. The number of aromatic nitrogens is 2. The minimum atomic E-state index is -0.279. The maximum atomic E-state index is 11.6. The van der Waals surface area contributed by atoms with E-state index < -0.39 is 0 Å². The van der Waals surface area contributed by atoms with Crippen molar-refractivity contribution < 1.29 is 4.79 Å². The highest BCUT2D eigenvalue weighted by atomic mass is 32.1. The van der Waals surface area contributed by atoms with Crippen LogP contribution in [-0.2, 0) is 0 Å².